The molecule has 0 fully saturated rings. The molecular weight excluding hydrogens is 252 g/mol. The van der Waals surface area contributed by atoms with Gasteiger partial charge in [-0.05, 0) is 18.2 Å². The number of halogens is 1. The Hall–Kier alpha value is -2.27. The first-order chi connectivity index (χ1) is 8.34. The molecule has 0 saturated carbocycles. The van der Waals surface area contributed by atoms with Gasteiger partial charge in [0.2, 0.25) is 0 Å². The van der Waals surface area contributed by atoms with E-state index >= 15 is 0 Å². The molecule has 0 saturated heterocycles. The third-order valence-corrected chi connectivity index (χ3v) is 2.51. The molecule has 3 rings (SSSR count). The Morgan fingerprint density at radius 2 is 1.89 bits per heavy atom. The summed E-state index contributed by atoms with van der Waals surface area (Å²) in [5.41, 5.74) is 8.20. The maximum absolute atomic E-state index is 9.75. The highest BCUT2D eigenvalue weighted by atomic mass is 35.5. The number of hydrogen-bond donors (Lipinski definition) is 3. The van der Waals surface area contributed by atoms with Crippen molar-refractivity contribution in [1.29, 1.82) is 0 Å². The van der Waals surface area contributed by atoms with Crippen LogP contribution in [0.25, 0.3) is 0 Å². The number of amidine groups is 1. The minimum absolute atomic E-state index is 0. The molecule has 0 atom stereocenters. The van der Waals surface area contributed by atoms with Gasteiger partial charge in [0.05, 0.1) is 17.4 Å². The van der Waals surface area contributed by atoms with E-state index in [0.29, 0.717) is 11.4 Å². The predicted octanol–water partition coefficient (Wildman–Crippen LogP) is 2.22. The Kier molecular flexibility index (Phi) is 3.34. The van der Waals surface area contributed by atoms with Crippen LogP contribution in [0.3, 0.4) is 0 Å². The number of benzene rings is 1. The molecule has 3 N–H and O–H groups in total. The van der Waals surface area contributed by atoms with Gasteiger partial charge in [-0.25, -0.2) is 4.99 Å². The monoisotopic (exact) mass is 262 g/mol. The molecule has 6 heteroatoms. The van der Waals surface area contributed by atoms with Crippen molar-refractivity contribution in [3.63, 3.8) is 0 Å². The third kappa shape index (κ3) is 2.08. The van der Waals surface area contributed by atoms with Crippen molar-refractivity contribution in [2.75, 3.05) is 5.43 Å². The van der Waals surface area contributed by atoms with Gasteiger partial charge in [-0.1, -0.05) is 12.1 Å². The van der Waals surface area contributed by atoms with Crippen LogP contribution in [-0.2, 0) is 0 Å². The van der Waals surface area contributed by atoms with Gasteiger partial charge in [0.25, 0.3) is 0 Å². The van der Waals surface area contributed by atoms with Gasteiger partial charge in [-0.15, -0.1) is 12.4 Å². The van der Waals surface area contributed by atoms with Crippen LogP contribution < -0.4 is 10.9 Å². The number of aromatic nitrogens is 1. The Labute approximate surface area is 110 Å². The van der Waals surface area contributed by atoms with Crippen molar-refractivity contribution in [1.82, 2.24) is 10.4 Å². The van der Waals surface area contributed by atoms with E-state index in [1.54, 1.807) is 30.6 Å². The van der Waals surface area contributed by atoms with E-state index in [9.17, 15) is 5.11 Å². The van der Waals surface area contributed by atoms with Crippen LogP contribution >= 0.6 is 12.4 Å². The number of aliphatic imine (C=N–C) groups is 1. The number of phenols is 1. The molecular formula is C12H11ClN4O. The first-order valence-corrected chi connectivity index (χ1v) is 5.18. The largest absolute Gasteiger partial charge is 0.507 e. The van der Waals surface area contributed by atoms with Crippen molar-refractivity contribution in [3.8, 4) is 5.75 Å². The normalized spacial score (nSPS) is 12.3. The Balaban J connectivity index is 0.00000120. The van der Waals surface area contributed by atoms with Gasteiger partial charge in [-0.2, -0.15) is 0 Å². The number of rotatable bonds is 1. The van der Waals surface area contributed by atoms with Crippen LogP contribution in [0.4, 0.5) is 11.4 Å². The molecule has 18 heavy (non-hydrogen) atoms. The lowest BCUT2D eigenvalue weighted by Crippen LogP contribution is -2.32. The lowest BCUT2D eigenvalue weighted by atomic mass is 10.2. The molecule has 0 spiro atoms. The quantitative estimate of drug-likeness (QED) is 0.737. The number of hydrazine groups is 1. The number of phenolic OH excluding ortho intramolecular Hbond substituents is 1. The second-order valence-corrected chi connectivity index (χ2v) is 3.62. The molecule has 92 valence electrons. The molecule has 1 aliphatic heterocycles. The molecule has 0 aliphatic carbocycles. The smallest absolute Gasteiger partial charge is 0.156 e. The van der Waals surface area contributed by atoms with Crippen molar-refractivity contribution in [2.45, 2.75) is 0 Å². The zero-order chi connectivity index (χ0) is 11.7. The number of para-hydroxylation sites is 1. The summed E-state index contributed by atoms with van der Waals surface area (Å²) in [4.78, 5) is 8.41. The fraction of sp³-hybridized carbons (Fsp3) is 0. The van der Waals surface area contributed by atoms with E-state index < -0.39 is 0 Å². The molecule has 2 heterocycles. The SMILES string of the molecule is Cl.Oc1ccccc1C1=Nc2cnccc2NN1. The lowest BCUT2D eigenvalue weighted by molar-refractivity contribution is 0.474. The molecule has 5 nitrogen and oxygen atoms in total. The summed E-state index contributed by atoms with van der Waals surface area (Å²) in [7, 11) is 0. The number of aromatic hydroxyl groups is 1. The first kappa shape index (κ1) is 12.2. The summed E-state index contributed by atoms with van der Waals surface area (Å²) < 4.78 is 0. The van der Waals surface area contributed by atoms with Crippen LogP contribution in [0, 0.1) is 0 Å². The summed E-state index contributed by atoms with van der Waals surface area (Å²) in [5, 5.41) is 9.75. The Morgan fingerprint density at radius 3 is 2.72 bits per heavy atom. The van der Waals surface area contributed by atoms with Crippen LogP contribution in [0.2, 0.25) is 0 Å². The standard InChI is InChI=1S/C12H10N4O.ClH/c17-11-4-2-1-3-8(11)12-14-10-7-13-6-5-9(10)15-16-12;/h1-7,15,17H,(H,14,16);1H. The van der Waals surface area contributed by atoms with Crippen molar-refractivity contribution >= 4 is 29.6 Å². The summed E-state index contributed by atoms with van der Waals surface area (Å²) in [6, 6.07) is 8.86. The first-order valence-electron chi connectivity index (χ1n) is 5.18. The van der Waals surface area contributed by atoms with E-state index in [1.165, 1.54) is 0 Å². The molecule has 1 aromatic carbocycles. The third-order valence-electron chi connectivity index (χ3n) is 2.51. The van der Waals surface area contributed by atoms with E-state index in [0.717, 1.165) is 11.4 Å². The summed E-state index contributed by atoms with van der Waals surface area (Å²) >= 11 is 0. The van der Waals surface area contributed by atoms with Gasteiger partial charge in [0, 0.05) is 6.20 Å². The van der Waals surface area contributed by atoms with Gasteiger partial charge < -0.3 is 5.11 Å². The molecule has 1 aromatic heterocycles. The minimum atomic E-state index is 0. The molecule has 0 bridgehead atoms. The number of fused-ring (bicyclic) bond motifs is 1. The highest BCUT2D eigenvalue weighted by Gasteiger charge is 2.14. The fourth-order valence-electron chi connectivity index (χ4n) is 1.66. The van der Waals surface area contributed by atoms with Gasteiger partial charge in [-0.3, -0.25) is 15.8 Å². The second-order valence-electron chi connectivity index (χ2n) is 3.62. The lowest BCUT2D eigenvalue weighted by Gasteiger charge is -2.19. The topological polar surface area (TPSA) is 69.5 Å². The molecule has 0 radical (unpaired) electrons. The maximum atomic E-state index is 9.75. The second kappa shape index (κ2) is 4.93. The zero-order valence-electron chi connectivity index (χ0n) is 9.29. The summed E-state index contributed by atoms with van der Waals surface area (Å²) in [6.07, 6.45) is 3.36. The molecule has 2 aromatic rings. The highest BCUT2D eigenvalue weighted by Crippen LogP contribution is 2.27. The van der Waals surface area contributed by atoms with Crippen LogP contribution in [-0.4, -0.2) is 15.9 Å². The number of pyridine rings is 1. The van der Waals surface area contributed by atoms with Crippen molar-refractivity contribution in [2.24, 2.45) is 4.99 Å². The minimum Gasteiger partial charge on any atom is -0.507 e. The summed E-state index contributed by atoms with van der Waals surface area (Å²) in [5.74, 6) is 0.761. The molecule has 0 unspecified atom stereocenters. The Morgan fingerprint density at radius 1 is 1.06 bits per heavy atom. The van der Waals surface area contributed by atoms with Crippen LogP contribution in [0.15, 0.2) is 47.7 Å². The van der Waals surface area contributed by atoms with Crippen molar-refractivity contribution in [3.05, 3.63) is 48.3 Å². The van der Waals surface area contributed by atoms with Gasteiger partial charge in [0.1, 0.15) is 11.4 Å². The highest BCUT2D eigenvalue weighted by molar-refractivity contribution is 6.05. The van der Waals surface area contributed by atoms with Crippen LogP contribution in [0.5, 0.6) is 5.75 Å². The number of nitrogens with one attached hydrogen (secondary N) is 2. The maximum Gasteiger partial charge on any atom is 0.156 e. The number of nitrogens with zero attached hydrogens (tertiary/aromatic N) is 2. The number of anilines is 1. The van der Waals surface area contributed by atoms with Crippen molar-refractivity contribution < 1.29 is 5.11 Å². The predicted molar refractivity (Wildman–Crippen MR) is 72.5 cm³/mol. The van der Waals surface area contributed by atoms with Gasteiger partial charge >= 0.3 is 0 Å². The van der Waals surface area contributed by atoms with E-state index in [1.807, 2.05) is 12.1 Å². The van der Waals surface area contributed by atoms with E-state index in [4.69, 9.17) is 0 Å². The van der Waals surface area contributed by atoms with E-state index in [2.05, 4.69) is 20.8 Å². The fourth-order valence-corrected chi connectivity index (χ4v) is 1.66. The average Bonchev–Trinajstić information content (AvgIpc) is 2.39. The average molecular weight is 263 g/mol. The molecule has 1 aliphatic rings. The number of hydrogen-bond acceptors (Lipinski definition) is 5. The summed E-state index contributed by atoms with van der Waals surface area (Å²) in [6.45, 7) is 0. The van der Waals surface area contributed by atoms with Crippen LogP contribution in [0.1, 0.15) is 5.56 Å². The molecule has 0 amide bonds. The van der Waals surface area contributed by atoms with E-state index in [-0.39, 0.29) is 18.2 Å². The zero-order valence-corrected chi connectivity index (χ0v) is 10.1. The Bertz CT molecular complexity index is 600. The van der Waals surface area contributed by atoms with Gasteiger partial charge in [0.15, 0.2) is 5.84 Å².